The average Bonchev–Trinajstić information content (AvgIpc) is 3.10. The van der Waals surface area contributed by atoms with E-state index in [2.05, 4.69) is 55.3 Å². The molecular formula is C27H34N2O3. The van der Waals surface area contributed by atoms with Crippen molar-refractivity contribution in [2.45, 2.75) is 46.1 Å². The summed E-state index contributed by atoms with van der Waals surface area (Å²) in [5.41, 5.74) is 5.38. The van der Waals surface area contributed by atoms with Crippen molar-refractivity contribution in [2.24, 2.45) is 0 Å². The summed E-state index contributed by atoms with van der Waals surface area (Å²) in [5.74, 6) is 0.232. The molecule has 5 heteroatoms. The van der Waals surface area contributed by atoms with Gasteiger partial charge in [0.25, 0.3) is 5.91 Å². The van der Waals surface area contributed by atoms with Crippen LogP contribution in [0.4, 0.5) is 0 Å². The van der Waals surface area contributed by atoms with Crippen LogP contribution in [-0.2, 0) is 10.2 Å². The monoisotopic (exact) mass is 434 g/mol. The number of nitrogens with zero attached hydrogens (tertiary/aromatic N) is 1. The van der Waals surface area contributed by atoms with Gasteiger partial charge in [-0.05, 0) is 42.0 Å². The molecule has 0 bridgehead atoms. The van der Waals surface area contributed by atoms with Crippen LogP contribution < -0.4 is 5.32 Å². The topological polar surface area (TPSA) is 54.7 Å². The lowest BCUT2D eigenvalue weighted by atomic mass is 9.86. The maximum atomic E-state index is 13.1. The quantitative estimate of drug-likeness (QED) is 0.603. The Labute approximate surface area is 190 Å². The first-order chi connectivity index (χ1) is 15.2. The summed E-state index contributed by atoms with van der Waals surface area (Å²) in [6, 6.07) is 14.9. The van der Waals surface area contributed by atoms with Crippen LogP contribution in [0.15, 0.2) is 46.9 Å². The number of aryl methyl sites for hydroxylation is 2. The van der Waals surface area contributed by atoms with Crippen molar-refractivity contribution in [1.29, 1.82) is 0 Å². The SMILES string of the molecule is Cc1ccc2c(C)c(C(=O)NCC(c3ccc(C(C)(C)C)cc3)N3CCOCC3)oc2c1. The normalized spacial score (nSPS) is 16.3. The molecule has 1 aliphatic rings. The van der Waals surface area contributed by atoms with E-state index < -0.39 is 0 Å². The highest BCUT2D eigenvalue weighted by molar-refractivity contribution is 5.99. The van der Waals surface area contributed by atoms with Gasteiger partial charge in [0.2, 0.25) is 0 Å². The molecule has 4 rings (SSSR count). The zero-order valence-corrected chi connectivity index (χ0v) is 19.8. The van der Waals surface area contributed by atoms with Crippen LogP contribution in [0.3, 0.4) is 0 Å². The van der Waals surface area contributed by atoms with E-state index in [9.17, 15) is 4.79 Å². The van der Waals surface area contributed by atoms with Gasteiger partial charge in [0.05, 0.1) is 19.3 Å². The van der Waals surface area contributed by atoms with Crippen molar-refractivity contribution < 1.29 is 13.9 Å². The summed E-state index contributed by atoms with van der Waals surface area (Å²) >= 11 is 0. The van der Waals surface area contributed by atoms with Crippen LogP contribution in [0.1, 0.15) is 59.6 Å². The fourth-order valence-corrected chi connectivity index (χ4v) is 4.37. The summed E-state index contributed by atoms with van der Waals surface area (Å²) in [4.78, 5) is 15.5. The van der Waals surface area contributed by atoms with E-state index in [-0.39, 0.29) is 17.4 Å². The van der Waals surface area contributed by atoms with Gasteiger partial charge in [-0.15, -0.1) is 0 Å². The van der Waals surface area contributed by atoms with E-state index in [0.717, 1.165) is 35.2 Å². The fraction of sp³-hybridized carbons (Fsp3) is 0.444. The van der Waals surface area contributed by atoms with Gasteiger partial charge in [-0.2, -0.15) is 0 Å². The molecule has 1 aliphatic heterocycles. The highest BCUT2D eigenvalue weighted by Crippen LogP contribution is 2.28. The number of amides is 1. The summed E-state index contributed by atoms with van der Waals surface area (Å²) in [6.07, 6.45) is 0. The van der Waals surface area contributed by atoms with Crippen molar-refractivity contribution in [1.82, 2.24) is 10.2 Å². The molecule has 1 saturated heterocycles. The Morgan fingerprint density at radius 3 is 2.41 bits per heavy atom. The Kier molecular flexibility index (Phi) is 6.40. The van der Waals surface area contributed by atoms with Gasteiger partial charge in [-0.1, -0.05) is 57.2 Å². The summed E-state index contributed by atoms with van der Waals surface area (Å²) in [7, 11) is 0. The molecule has 0 radical (unpaired) electrons. The fourth-order valence-electron chi connectivity index (χ4n) is 4.37. The molecule has 2 aromatic carbocycles. The van der Waals surface area contributed by atoms with Crippen LogP contribution in [0, 0.1) is 13.8 Å². The molecule has 32 heavy (non-hydrogen) atoms. The predicted octanol–water partition coefficient (Wildman–Crippen LogP) is 5.15. The van der Waals surface area contributed by atoms with Crippen LogP contribution in [0.25, 0.3) is 11.0 Å². The Morgan fingerprint density at radius 1 is 1.06 bits per heavy atom. The second kappa shape index (κ2) is 9.08. The van der Waals surface area contributed by atoms with Crippen LogP contribution in [0.2, 0.25) is 0 Å². The van der Waals surface area contributed by atoms with Crippen molar-refractivity contribution in [3.63, 3.8) is 0 Å². The van der Waals surface area contributed by atoms with Crippen molar-refractivity contribution >= 4 is 16.9 Å². The Hall–Kier alpha value is -2.63. The summed E-state index contributed by atoms with van der Waals surface area (Å²) < 4.78 is 11.5. The first-order valence-electron chi connectivity index (χ1n) is 11.4. The minimum atomic E-state index is -0.166. The third-order valence-electron chi connectivity index (χ3n) is 6.40. The molecular weight excluding hydrogens is 400 g/mol. The number of carbonyl (C=O) groups is 1. The molecule has 1 N–H and O–H groups in total. The predicted molar refractivity (Wildman–Crippen MR) is 128 cm³/mol. The van der Waals surface area contributed by atoms with Crippen molar-refractivity contribution in [2.75, 3.05) is 32.8 Å². The average molecular weight is 435 g/mol. The van der Waals surface area contributed by atoms with Gasteiger partial charge in [0, 0.05) is 30.6 Å². The van der Waals surface area contributed by atoms with Crippen LogP contribution in [-0.4, -0.2) is 43.7 Å². The Balaban J connectivity index is 1.55. The largest absolute Gasteiger partial charge is 0.451 e. The maximum absolute atomic E-state index is 13.1. The van der Waals surface area contributed by atoms with Crippen LogP contribution >= 0.6 is 0 Å². The highest BCUT2D eigenvalue weighted by atomic mass is 16.5. The van der Waals surface area contributed by atoms with E-state index in [1.807, 2.05) is 32.0 Å². The lowest BCUT2D eigenvalue weighted by Gasteiger charge is -2.35. The second-order valence-electron chi connectivity index (χ2n) is 9.80. The molecule has 1 atom stereocenters. The van der Waals surface area contributed by atoms with E-state index in [4.69, 9.17) is 9.15 Å². The lowest BCUT2D eigenvalue weighted by molar-refractivity contribution is 0.0161. The van der Waals surface area contributed by atoms with Gasteiger partial charge in [0.1, 0.15) is 5.58 Å². The number of ether oxygens (including phenoxy) is 1. The Bertz CT molecular complexity index is 1090. The summed E-state index contributed by atoms with van der Waals surface area (Å²) in [5, 5.41) is 4.13. The van der Waals surface area contributed by atoms with E-state index in [0.29, 0.717) is 25.5 Å². The molecule has 0 spiro atoms. The molecule has 1 fully saturated rings. The molecule has 5 nitrogen and oxygen atoms in total. The maximum Gasteiger partial charge on any atom is 0.287 e. The van der Waals surface area contributed by atoms with Gasteiger partial charge >= 0.3 is 0 Å². The molecule has 2 heterocycles. The first-order valence-corrected chi connectivity index (χ1v) is 11.4. The van der Waals surface area contributed by atoms with E-state index >= 15 is 0 Å². The van der Waals surface area contributed by atoms with Gasteiger partial charge in [-0.25, -0.2) is 0 Å². The molecule has 3 aromatic rings. The molecule has 170 valence electrons. The number of rotatable bonds is 5. The van der Waals surface area contributed by atoms with Crippen molar-refractivity contribution in [3.05, 3.63) is 70.5 Å². The number of carbonyl (C=O) groups excluding carboxylic acids is 1. The number of hydrogen-bond donors (Lipinski definition) is 1. The van der Waals surface area contributed by atoms with E-state index in [1.165, 1.54) is 11.1 Å². The minimum Gasteiger partial charge on any atom is -0.451 e. The lowest BCUT2D eigenvalue weighted by Crippen LogP contribution is -2.43. The Morgan fingerprint density at radius 2 is 1.75 bits per heavy atom. The number of hydrogen-bond acceptors (Lipinski definition) is 4. The number of furan rings is 1. The molecule has 1 aromatic heterocycles. The minimum absolute atomic E-state index is 0.0868. The standard InChI is InChI=1S/C27H34N2O3/c1-18-6-11-22-19(2)25(32-24(22)16-18)26(30)28-17-23(29-12-14-31-15-13-29)20-7-9-21(10-8-20)27(3,4)5/h6-11,16,23H,12-15,17H2,1-5H3,(H,28,30). The molecule has 0 aliphatic carbocycles. The zero-order valence-electron chi connectivity index (χ0n) is 19.8. The smallest absolute Gasteiger partial charge is 0.287 e. The molecule has 1 amide bonds. The summed E-state index contributed by atoms with van der Waals surface area (Å²) in [6.45, 7) is 14.3. The second-order valence-corrected chi connectivity index (χ2v) is 9.80. The van der Waals surface area contributed by atoms with Gasteiger partial charge in [0.15, 0.2) is 5.76 Å². The first kappa shape index (κ1) is 22.6. The number of fused-ring (bicyclic) bond motifs is 1. The van der Waals surface area contributed by atoms with Crippen molar-refractivity contribution in [3.8, 4) is 0 Å². The zero-order chi connectivity index (χ0) is 22.9. The number of nitrogens with one attached hydrogen (secondary N) is 1. The third kappa shape index (κ3) is 4.74. The number of benzene rings is 2. The third-order valence-corrected chi connectivity index (χ3v) is 6.40. The van der Waals surface area contributed by atoms with Gasteiger partial charge in [-0.3, -0.25) is 9.69 Å². The van der Waals surface area contributed by atoms with Gasteiger partial charge < -0.3 is 14.5 Å². The molecule has 0 saturated carbocycles. The highest BCUT2D eigenvalue weighted by Gasteiger charge is 2.25. The van der Waals surface area contributed by atoms with Crippen LogP contribution in [0.5, 0.6) is 0 Å². The molecule has 1 unspecified atom stereocenters. The number of morpholine rings is 1. The van der Waals surface area contributed by atoms with E-state index in [1.54, 1.807) is 0 Å².